The van der Waals surface area contributed by atoms with Crippen LogP contribution in [0.15, 0.2) is 36.4 Å². The fourth-order valence-corrected chi connectivity index (χ4v) is 2.08. The molecule has 0 spiro atoms. The van der Waals surface area contributed by atoms with Crippen molar-refractivity contribution in [2.75, 3.05) is 0 Å². The van der Waals surface area contributed by atoms with Gasteiger partial charge >= 0.3 is 0 Å². The van der Waals surface area contributed by atoms with Gasteiger partial charge in [-0.15, -0.1) is 0 Å². The topological polar surface area (TPSA) is 26.0 Å². The normalized spacial score (nSPS) is 19.2. The van der Waals surface area contributed by atoms with Crippen LogP contribution in [-0.4, -0.2) is 0 Å². The minimum absolute atomic E-state index is 0.266. The SMILES string of the molecule is NC1(c2ccccc2Cl)CC=CC1. The van der Waals surface area contributed by atoms with Crippen LogP contribution in [0.2, 0.25) is 5.02 Å². The largest absolute Gasteiger partial charge is 0.321 e. The van der Waals surface area contributed by atoms with Crippen LogP contribution in [-0.2, 0) is 5.54 Å². The minimum Gasteiger partial charge on any atom is -0.321 e. The highest BCUT2D eigenvalue weighted by atomic mass is 35.5. The maximum absolute atomic E-state index is 6.23. The standard InChI is InChI=1S/C11H12ClN/c12-10-6-2-1-5-9(10)11(13)7-3-4-8-11/h1-6H,7-8,13H2. The molecule has 1 aliphatic carbocycles. The van der Waals surface area contributed by atoms with Crippen LogP contribution in [0.1, 0.15) is 18.4 Å². The zero-order chi connectivity index (χ0) is 9.31. The molecular weight excluding hydrogens is 182 g/mol. The van der Waals surface area contributed by atoms with Crippen molar-refractivity contribution in [3.8, 4) is 0 Å². The van der Waals surface area contributed by atoms with Crippen LogP contribution in [0, 0.1) is 0 Å². The predicted octanol–water partition coefficient (Wildman–Crippen LogP) is 2.84. The maximum atomic E-state index is 6.23. The lowest BCUT2D eigenvalue weighted by atomic mass is 9.89. The van der Waals surface area contributed by atoms with E-state index in [9.17, 15) is 0 Å². The predicted molar refractivity (Wildman–Crippen MR) is 55.7 cm³/mol. The molecule has 0 fully saturated rings. The molecule has 0 saturated carbocycles. The highest BCUT2D eigenvalue weighted by molar-refractivity contribution is 6.31. The fourth-order valence-electron chi connectivity index (χ4n) is 1.76. The summed E-state index contributed by atoms with van der Waals surface area (Å²) in [6, 6.07) is 7.81. The molecule has 1 aromatic rings. The van der Waals surface area contributed by atoms with E-state index >= 15 is 0 Å². The van der Waals surface area contributed by atoms with Gasteiger partial charge in [0.25, 0.3) is 0 Å². The molecule has 2 N–H and O–H groups in total. The molecule has 0 amide bonds. The third kappa shape index (κ3) is 1.50. The van der Waals surface area contributed by atoms with Gasteiger partial charge in [-0.05, 0) is 24.5 Å². The summed E-state index contributed by atoms with van der Waals surface area (Å²) in [7, 11) is 0. The van der Waals surface area contributed by atoms with Gasteiger partial charge in [0, 0.05) is 10.6 Å². The average Bonchev–Trinajstić information content (AvgIpc) is 2.54. The Kier molecular flexibility index (Phi) is 2.14. The van der Waals surface area contributed by atoms with E-state index in [1.165, 1.54) is 0 Å². The summed E-state index contributed by atoms with van der Waals surface area (Å²) in [5, 5.41) is 0.772. The molecule has 1 aliphatic rings. The summed E-state index contributed by atoms with van der Waals surface area (Å²) < 4.78 is 0. The fraction of sp³-hybridized carbons (Fsp3) is 0.273. The van der Waals surface area contributed by atoms with Gasteiger partial charge in [-0.3, -0.25) is 0 Å². The molecule has 68 valence electrons. The lowest BCUT2D eigenvalue weighted by molar-refractivity contribution is 0.481. The van der Waals surface area contributed by atoms with Crippen LogP contribution in [0.5, 0.6) is 0 Å². The number of hydrogen-bond acceptors (Lipinski definition) is 1. The molecule has 0 bridgehead atoms. The molecule has 0 heterocycles. The van der Waals surface area contributed by atoms with E-state index in [1.807, 2.05) is 24.3 Å². The first-order valence-electron chi connectivity index (χ1n) is 4.41. The highest BCUT2D eigenvalue weighted by Gasteiger charge is 2.29. The molecule has 2 heteroatoms. The highest BCUT2D eigenvalue weighted by Crippen LogP contribution is 2.35. The lowest BCUT2D eigenvalue weighted by Gasteiger charge is -2.25. The van der Waals surface area contributed by atoms with E-state index in [0.717, 1.165) is 23.4 Å². The summed E-state index contributed by atoms with van der Waals surface area (Å²) in [6.45, 7) is 0. The molecule has 13 heavy (non-hydrogen) atoms. The second-order valence-corrected chi connectivity index (χ2v) is 3.92. The van der Waals surface area contributed by atoms with Crippen molar-refractivity contribution in [2.24, 2.45) is 5.73 Å². The third-order valence-corrected chi connectivity index (χ3v) is 2.87. The second-order valence-electron chi connectivity index (χ2n) is 3.52. The van der Waals surface area contributed by atoms with Gasteiger partial charge in [0.05, 0.1) is 0 Å². The molecule has 0 saturated heterocycles. The summed E-state index contributed by atoms with van der Waals surface area (Å²) in [6.07, 6.45) is 6.00. The van der Waals surface area contributed by atoms with Gasteiger partial charge in [0.1, 0.15) is 0 Å². The van der Waals surface area contributed by atoms with Crippen LogP contribution in [0.3, 0.4) is 0 Å². The van der Waals surface area contributed by atoms with Crippen molar-refractivity contribution in [1.29, 1.82) is 0 Å². The Morgan fingerprint density at radius 3 is 2.38 bits per heavy atom. The molecule has 0 aromatic heterocycles. The van der Waals surface area contributed by atoms with Crippen molar-refractivity contribution in [1.82, 2.24) is 0 Å². The van der Waals surface area contributed by atoms with Gasteiger partial charge < -0.3 is 5.73 Å². The van der Waals surface area contributed by atoms with Crippen molar-refractivity contribution < 1.29 is 0 Å². The van der Waals surface area contributed by atoms with E-state index in [0.29, 0.717) is 0 Å². The van der Waals surface area contributed by atoms with E-state index in [1.54, 1.807) is 0 Å². The second kappa shape index (κ2) is 3.17. The van der Waals surface area contributed by atoms with Crippen molar-refractivity contribution in [3.63, 3.8) is 0 Å². The van der Waals surface area contributed by atoms with E-state index in [4.69, 9.17) is 17.3 Å². The van der Waals surface area contributed by atoms with E-state index in [-0.39, 0.29) is 5.54 Å². The number of hydrogen-bond donors (Lipinski definition) is 1. The first-order valence-corrected chi connectivity index (χ1v) is 4.79. The van der Waals surface area contributed by atoms with E-state index in [2.05, 4.69) is 12.2 Å². The monoisotopic (exact) mass is 193 g/mol. The summed E-state index contributed by atoms with van der Waals surface area (Å²) in [4.78, 5) is 0. The van der Waals surface area contributed by atoms with Crippen LogP contribution < -0.4 is 5.73 Å². The molecule has 1 nitrogen and oxygen atoms in total. The smallest absolute Gasteiger partial charge is 0.0494 e. The number of halogens is 1. The molecule has 2 rings (SSSR count). The summed E-state index contributed by atoms with van der Waals surface area (Å²) in [5.41, 5.74) is 7.03. The van der Waals surface area contributed by atoms with Gasteiger partial charge in [-0.1, -0.05) is 42.0 Å². The lowest BCUT2D eigenvalue weighted by Crippen LogP contribution is -2.33. The van der Waals surface area contributed by atoms with Crippen molar-refractivity contribution in [2.45, 2.75) is 18.4 Å². The summed E-state index contributed by atoms with van der Waals surface area (Å²) >= 11 is 6.09. The maximum Gasteiger partial charge on any atom is 0.0494 e. The first-order chi connectivity index (χ1) is 6.22. The minimum atomic E-state index is -0.266. The Bertz CT molecular complexity index is 336. The van der Waals surface area contributed by atoms with Crippen LogP contribution in [0.25, 0.3) is 0 Å². The molecule has 0 unspecified atom stereocenters. The first kappa shape index (κ1) is 8.79. The Morgan fingerprint density at radius 2 is 1.77 bits per heavy atom. The number of nitrogens with two attached hydrogens (primary N) is 1. The summed E-state index contributed by atoms with van der Waals surface area (Å²) in [5.74, 6) is 0. The molecular formula is C11H12ClN. The van der Waals surface area contributed by atoms with Crippen LogP contribution in [0.4, 0.5) is 0 Å². The van der Waals surface area contributed by atoms with Gasteiger partial charge in [-0.25, -0.2) is 0 Å². The molecule has 0 aliphatic heterocycles. The Hall–Kier alpha value is -0.790. The van der Waals surface area contributed by atoms with Crippen LogP contribution >= 0.6 is 11.6 Å². The Labute approximate surface area is 83.2 Å². The zero-order valence-corrected chi connectivity index (χ0v) is 8.09. The van der Waals surface area contributed by atoms with Crippen molar-refractivity contribution in [3.05, 3.63) is 47.0 Å². The Morgan fingerprint density at radius 1 is 1.15 bits per heavy atom. The average molecular weight is 194 g/mol. The molecule has 0 atom stereocenters. The molecule has 1 aromatic carbocycles. The van der Waals surface area contributed by atoms with Gasteiger partial charge in [-0.2, -0.15) is 0 Å². The van der Waals surface area contributed by atoms with Gasteiger partial charge in [0.2, 0.25) is 0 Å². The third-order valence-electron chi connectivity index (χ3n) is 2.54. The number of benzene rings is 1. The van der Waals surface area contributed by atoms with Gasteiger partial charge in [0.15, 0.2) is 0 Å². The zero-order valence-electron chi connectivity index (χ0n) is 7.33. The van der Waals surface area contributed by atoms with Crippen molar-refractivity contribution >= 4 is 11.6 Å². The van der Waals surface area contributed by atoms with E-state index < -0.39 is 0 Å². The molecule has 0 radical (unpaired) electrons. The quantitative estimate of drug-likeness (QED) is 0.682. The Balaban J connectivity index is 2.40. The number of rotatable bonds is 1.